The first-order valence-electron chi connectivity index (χ1n) is 11.1. The number of rotatable bonds is 5. The Morgan fingerprint density at radius 3 is 2.56 bits per heavy atom. The predicted molar refractivity (Wildman–Crippen MR) is 133 cm³/mol. The van der Waals surface area contributed by atoms with Crippen LogP contribution in [0.15, 0.2) is 67.0 Å². The molecule has 2 aromatic heterocycles. The molecule has 36 heavy (non-hydrogen) atoms. The Morgan fingerprint density at radius 2 is 1.78 bits per heavy atom. The van der Waals surface area contributed by atoms with E-state index in [9.17, 15) is 9.18 Å². The van der Waals surface area contributed by atoms with Crippen LogP contribution in [0.4, 0.5) is 20.3 Å². The lowest BCUT2D eigenvalue weighted by molar-refractivity contribution is 0.0602. The van der Waals surface area contributed by atoms with Crippen LogP contribution in [0.2, 0.25) is 0 Å². The van der Waals surface area contributed by atoms with Crippen LogP contribution in [-0.2, 0) is 4.74 Å². The number of hydrogen-bond acceptors (Lipinski definition) is 6. The molecule has 0 bridgehead atoms. The van der Waals surface area contributed by atoms with Crippen LogP contribution >= 0.6 is 0 Å². The fraction of sp³-hybridized carbons (Fsp3) is 0.111. The Kier molecular flexibility index (Phi) is 5.89. The Bertz CT molecular complexity index is 1630. The third kappa shape index (κ3) is 4.04. The second-order valence-corrected chi connectivity index (χ2v) is 8.20. The van der Waals surface area contributed by atoms with Crippen LogP contribution in [0.3, 0.4) is 0 Å². The number of nitrogens with zero attached hydrogens (tertiary/aromatic N) is 4. The molecule has 0 saturated heterocycles. The lowest BCUT2D eigenvalue weighted by atomic mass is 10.0. The second kappa shape index (κ2) is 9.18. The van der Waals surface area contributed by atoms with Gasteiger partial charge in [0.05, 0.1) is 35.3 Å². The fourth-order valence-electron chi connectivity index (χ4n) is 4.20. The molecule has 7 nitrogen and oxygen atoms in total. The van der Waals surface area contributed by atoms with E-state index in [-0.39, 0.29) is 11.3 Å². The molecule has 5 rings (SSSR count). The van der Waals surface area contributed by atoms with Crippen molar-refractivity contribution in [3.05, 3.63) is 95.4 Å². The van der Waals surface area contributed by atoms with Gasteiger partial charge < -0.3 is 10.1 Å². The van der Waals surface area contributed by atoms with Crippen molar-refractivity contribution in [3.63, 3.8) is 0 Å². The zero-order valence-corrected chi connectivity index (χ0v) is 19.7. The van der Waals surface area contributed by atoms with Crippen LogP contribution in [0, 0.1) is 25.5 Å². The van der Waals surface area contributed by atoms with Gasteiger partial charge in [0.15, 0.2) is 5.82 Å². The number of ether oxygens (including phenoxy) is 1. The van der Waals surface area contributed by atoms with E-state index < -0.39 is 11.8 Å². The molecule has 0 spiro atoms. The van der Waals surface area contributed by atoms with Gasteiger partial charge in [-0.15, -0.1) is 0 Å². The van der Waals surface area contributed by atoms with Crippen molar-refractivity contribution in [1.29, 1.82) is 0 Å². The van der Waals surface area contributed by atoms with Gasteiger partial charge in [0.25, 0.3) is 0 Å². The predicted octanol–water partition coefficient (Wildman–Crippen LogP) is 5.91. The lowest BCUT2D eigenvalue weighted by Crippen LogP contribution is -2.09. The smallest absolute Gasteiger partial charge is 0.339 e. The molecular weight excluding hydrogens is 464 g/mol. The Hall–Kier alpha value is -4.66. The Morgan fingerprint density at radius 1 is 1.00 bits per heavy atom. The highest BCUT2D eigenvalue weighted by Crippen LogP contribution is 2.38. The first-order chi connectivity index (χ1) is 17.4. The van der Waals surface area contributed by atoms with E-state index in [4.69, 9.17) is 9.84 Å². The third-order valence-electron chi connectivity index (χ3n) is 5.85. The highest BCUT2D eigenvalue weighted by Gasteiger charge is 2.23. The third-order valence-corrected chi connectivity index (χ3v) is 5.85. The van der Waals surface area contributed by atoms with Gasteiger partial charge in [-0.25, -0.2) is 23.2 Å². The average molecular weight is 485 g/mol. The molecule has 0 aliphatic heterocycles. The molecule has 0 amide bonds. The van der Waals surface area contributed by atoms with Gasteiger partial charge in [0, 0.05) is 18.0 Å². The number of halogens is 2. The number of esters is 1. The van der Waals surface area contributed by atoms with E-state index in [0.717, 1.165) is 0 Å². The van der Waals surface area contributed by atoms with Gasteiger partial charge in [0.2, 0.25) is 0 Å². The summed E-state index contributed by atoms with van der Waals surface area (Å²) < 4.78 is 35.5. The first-order valence-corrected chi connectivity index (χ1v) is 11.1. The van der Waals surface area contributed by atoms with E-state index >= 15 is 4.39 Å². The number of aryl methyl sites for hydroxylation is 2. The summed E-state index contributed by atoms with van der Waals surface area (Å²) in [6, 6.07) is 14.3. The highest BCUT2D eigenvalue weighted by atomic mass is 19.1. The van der Waals surface area contributed by atoms with Gasteiger partial charge >= 0.3 is 5.97 Å². The number of anilines is 2. The van der Waals surface area contributed by atoms with Crippen molar-refractivity contribution in [2.45, 2.75) is 13.8 Å². The number of hydrogen-bond donors (Lipinski definition) is 1. The molecule has 0 atom stereocenters. The van der Waals surface area contributed by atoms with Crippen molar-refractivity contribution in [3.8, 4) is 16.8 Å². The zero-order chi connectivity index (χ0) is 25.4. The summed E-state index contributed by atoms with van der Waals surface area (Å²) in [5.41, 5.74) is 4.26. The van der Waals surface area contributed by atoms with E-state index in [1.807, 2.05) is 0 Å². The number of carbonyl (C=O) groups is 1. The number of benzene rings is 3. The molecule has 0 unspecified atom stereocenters. The van der Waals surface area contributed by atoms with Crippen LogP contribution in [-0.4, -0.2) is 32.8 Å². The van der Waals surface area contributed by atoms with Gasteiger partial charge in [-0.05, 0) is 67.4 Å². The normalized spacial score (nSPS) is 11.0. The summed E-state index contributed by atoms with van der Waals surface area (Å²) in [6.07, 6.45) is 2.93. The summed E-state index contributed by atoms with van der Waals surface area (Å²) >= 11 is 0. The number of nitrogens with one attached hydrogen (secondary N) is 1. The van der Waals surface area contributed by atoms with Crippen LogP contribution in [0.1, 0.15) is 21.6 Å². The maximum atomic E-state index is 15.0. The van der Waals surface area contributed by atoms with E-state index in [1.165, 1.54) is 37.7 Å². The summed E-state index contributed by atoms with van der Waals surface area (Å²) in [7, 11) is 1.31. The molecule has 0 aliphatic carbocycles. The number of aromatic nitrogens is 4. The summed E-state index contributed by atoms with van der Waals surface area (Å²) in [4.78, 5) is 20.8. The second-order valence-electron chi connectivity index (χ2n) is 8.20. The number of para-hydroxylation sites is 1. The molecule has 9 heteroatoms. The molecule has 2 heterocycles. The van der Waals surface area contributed by atoms with Crippen LogP contribution in [0.5, 0.6) is 0 Å². The molecule has 5 aromatic rings. The van der Waals surface area contributed by atoms with E-state index in [0.29, 0.717) is 50.7 Å². The Balaban J connectivity index is 1.77. The van der Waals surface area contributed by atoms with Crippen LogP contribution < -0.4 is 5.32 Å². The van der Waals surface area contributed by atoms with Gasteiger partial charge in [-0.1, -0.05) is 12.1 Å². The minimum atomic E-state index is -0.526. The van der Waals surface area contributed by atoms with Gasteiger partial charge in [-0.2, -0.15) is 5.10 Å². The molecular formula is C27H21F2N5O2. The Labute approximate surface area is 205 Å². The monoisotopic (exact) mass is 485 g/mol. The minimum absolute atomic E-state index is 0.159. The number of methoxy groups -OCH3 is 1. The van der Waals surface area contributed by atoms with E-state index in [2.05, 4.69) is 15.3 Å². The zero-order valence-electron chi connectivity index (χ0n) is 19.7. The summed E-state index contributed by atoms with van der Waals surface area (Å²) in [5, 5.41) is 8.00. The number of fused-ring (bicyclic) bond motifs is 1. The van der Waals surface area contributed by atoms with Crippen molar-refractivity contribution in [2.24, 2.45) is 0 Å². The van der Waals surface area contributed by atoms with E-state index in [1.54, 1.807) is 54.9 Å². The maximum Gasteiger partial charge on any atom is 0.339 e. The largest absolute Gasteiger partial charge is 0.465 e. The van der Waals surface area contributed by atoms with Crippen molar-refractivity contribution in [1.82, 2.24) is 19.7 Å². The number of carbonyl (C=O) groups excluding carboxylic acids is 1. The lowest BCUT2D eigenvalue weighted by Gasteiger charge is -2.16. The molecule has 0 saturated carbocycles. The van der Waals surface area contributed by atoms with Crippen molar-refractivity contribution in [2.75, 3.05) is 12.4 Å². The topological polar surface area (TPSA) is 81.9 Å². The SMILES string of the molecule is COC(=O)c1ccccc1Nc1c(-c2cc(F)c3nccnc3c2)c(C)nn1-c1ccc(F)cc1C. The molecule has 0 aliphatic rings. The average Bonchev–Trinajstić information content (AvgIpc) is 3.19. The molecule has 180 valence electrons. The maximum absolute atomic E-state index is 15.0. The molecule has 0 fully saturated rings. The van der Waals surface area contributed by atoms with Gasteiger partial charge in [-0.3, -0.25) is 4.98 Å². The standard InChI is InChI=1S/C27H21F2N5O2/c1-15-12-18(28)8-9-23(15)34-26(32-21-7-5-4-6-19(21)27(35)36-3)24(16(2)33-34)17-13-20(29)25-22(14-17)30-10-11-31-25/h4-14,32H,1-3H3. The van der Waals surface area contributed by atoms with Gasteiger partial charge in [0.1, 0.15) is 17.2 Å². The molecule has 3 aromatic carbocycles. The minimum Gasteiger partial charge on any atom is -0.465 e. The first kappa shape index (κ1) is 23.1. The highest BCUT2D eigenvalue weighted by molar-refractivity contribution is 5.97. The van der Waals surface area contributed by atoms with Crippen molar-refractivity contribution >= 4 is 28.5 Å². The quantitative estimate of drug-likeness (QED) is 0.312. The van der Waals surface area contributed by atoms with Crippen LogP contribution in [0.25, 0.3) is 27.8 Å². The fourth-order valence-corrected chi connectivity index (χ4v) is 4.20. The summed E-state index contributed by atoms with van der Waals surface area (Å²) in [6.45, 7) is 3.56. The molecule has 1 N–H and O–H groups in total. The van der Waals surface area contributed by atoms with Crippen molar-refractivity contribution < 1.29 is 18.3 Å². The summed E-state index contributed by atoms with van der Waals surface area (Å²) in [5.74, 6) is -0.962. The molecule has 0 radical (unpaired) electrons.